The van der Waals surface area contributed by atoms with E-state index in [1.165, 1.54) is 0 Å². The Hall–Kier alpha value is -3.05. The standard InChI is InChI=1S/C34H48N4O6/c1-4-16-36(20-19-35-21-24-43-25-22-35)32(42)29-34-15-14-33(6-3,44-34)27(28(34)31(41)38(29)18-10-11-23-39)30(40)37(17-5-2)26-12-8-7-9-13-26/h4-5,7-9,12-13,27-29,39H,1-2,6,10-11,14-25H2,3H3/t27-,28-,29?,33+,34?/m0/s1. The summed E-state index contributed by atoms with van der Waals surface area (Å²) in [6.45, 7) is 14.9. The van der Waals surface area contributed by atoms with Gasteiger partial charge in [-0.2, -0.15) is 0 Å². The average Bonchev–Trinajstić information content (AvgIpc) is 3.66. The van der Waals surface area contributed by atoms with E-state index in [2.05, 4.69) is 18.1 Å². The molecule has 2 unspecified atom stereocenters. The van der Waals surface area contributed by atoms with Crippen LogP contribution >= 0.6 is 0 Å². The predicted octanol–water partition coefficient (Wildman–Crippen LogP) is 2.48. The summed E-state index contributed by atoms with van der Waals surface area (Å²) < 4.78 is 12.5. The zero-order valence-corrected chi connectivity index (χ0v) is 26.1. The normalized spacial score (nSPS) is 29.5. The van der Waals surface area contributed by atoms with E-state index in [0.717, 1.165) is 18.8 Å². The number of carbonyl (C=O) groups excluding carboxylic acids is 3. The van der Waals surface area contributed by atoms with Gasteiger partial charge in [-0.1, -0.05) is 37.3 Å². The zero-order valence-electron chi connectivity index (χ0n) is 26.1. The minimum Gasteiger partial charge on any atom is -0.396 e. The number of fused-ring (bicyclic) bond motifs is 1. The van der Waals surface area contributed by atoms with Crippen LogP contribution < -0.4 is 4.90 Å². The second kappa shape index (κ2) is 13.9. The molecule has 5 rings (SSSR count). The molecular formula is C34H48N4O6. The van der Waals surface area contributed by atoms with Gasteiger partial charge < -0.3 is 29.3 Å². The van der Waals surface area contributed by atoms with Crippen molar-refractivity contribution in [2.45, 2.75) is 56.3 Å². The number of nitrogens with zero attached hydrogens (tertiary/aromatic N) is 4. The van der Waals surface area contributed by atoms with Gasteiger partial charge in [-0.25, -0.2) is 0 Å². The molecule has 0 radical (unpaired) electrons. The third-order valence-corrected chi connectivity index (χ3v) is 10.1. The van der Waals surface area contributed by atoms with Gasteiger partial charge in [0.05, 0.1) is 30.7 Å². The number of benzene rings is 1. The van der Waals surface area contributed by atoms with Crippen LogP contribution in [0.3, 0.4) is 0 Å². The third-order valence-electron chi connectivity index (χ3n) is 10.1. The van der Waals surface area contributed by atoms with Crippen LogP contribution in [0.5, 0.6) is 0 Å². The molecule has 4 fully saturated rings. The van der Waals surface area contributed by atoms with Crippen molar-refractivity contribution in [3.63, 3.8) is 0 Å². The van der Waals surface area contributed by atoms with Gasteiger partial charge in [0.15, 0.2) is 0 Å². The highest BCUT2D eigenvalue weighted by molar-refractivity contribution is 6.03. The van der Waals surface area contributed by atoms with E-state index in [1.54, 1.807) is 26.9 Å². The van der Waals surface area contributed by atoms with Gasteiger partial charge in [-0.3, -0.25) is 19.3 Å². The molecule has 10 heteroatoms. The Morgan fingerprint density at radius 2 is 1.77 bits per heavy atom. The highest BCUT2D eigenvalue weighted by Gasteiger charge is 2.79. The molecule has 3 amide bonds. The van der Waals surface area contributed by atoms with Crippen molar-refractivity contribution in [3.8, 4) is 0 Å². The molecule has 4 heterocycles. The molecule has 1 spiro atoms. The van der Waals surface area contributed by atoms with Crippen molar-refractivity contribution in [2.24, 2.45) is 11.8 Å². The van der Waals surface area contributed by atoms with Crippen LogP contribution in [0.1, 0.15) is 39.0 Å². The first kappa shape index (κ1) is 32.3. The predicted molar refractivity (Wildman–Crippen MR) is 168 cm³/mol. The molecule has 10 nitrogen and oxygen atoms in total. The van der Waals surface area contributed by atoms with Gasteiger partial charge in [-0.15, -0.1) is 13.2 Å². The Morgan fingerprint density at radius 1 is 1.05 bits per heavy atom. The fraction of sp³-hybridized carbons (Fsp3) is 0.618. The molecule has 0 aromatic heterocycles. The van der Waals surface area contributed by atoms with E-state index in [-0.39, 0.29) is 24.3 Å². The molecule has 44 heavy (non-hydrogen) atoms. The lowest BCUT2D eigenvalue weighted by Crippen LogP contribution is -2.57. The van der Waals surface area contributed by atoms with Crippen molar-refractivity contribution in [3.05, 3.63) is 55.6 Å². The SMILES string of the molecule is C=CCN(CCN1CCOCC1)C(=O)C1N(CCCCO)C(=O)[C@@H]2[C@@H](C(=O)N(CC=C)c3ccccc3)[C@@]3(CC)CCC12O3. The van der Waals surface area contributed by atoms with Crippen LogP contribution in [0.15, 0.2) is 55.6 Å². The number of hydrogen-bond donors (Lipinski definition) is 1. The van der Waals surface area contributed by atoms with Gasteiger partial charge in [0, 0.05) is 58.1 Å². The van der Waals surface area contributed by atoms with Crippen molar-refractivity contribution in [2.75, 3.05) is 70.5 Å². The van der Waals surface area contributed by atoms with E-state index in [0.29, 0.717) is 78.0 Å². The first-order chi connectivity index (χ1) is 21.4. The quantitative estimate of drug-likeness (QED) is 0.241. The summed E-state index contributed by atoms with van der Waals surface area (Å²) in [4.78, 5) is 51.2. The van der Waals surface area contributed by atoms with Gasteiger partial charge in [0.25, 0.3) is 0 Å². The van der Waals surface area contributed by atoms with Crippen LogP contribution in [-0.2, 0) is 23.9 Å². The Kier molecular flexibility index (Phi) is 10.2. The van der Waals surface area contributed by atoms with Crippen LogP contribution in [0.2, 0.25) is 0 Å². The number of morpholine rings is 1. The first-order valence-electron chi connectivity index (χ1n) is 16.2. The summed E-state index contributed by atoms with van der Waals surface area (Å²) in [5.41, 5.74) is -1.20. The number of hydrogen-bond acceptors (Lipinski definition) is 7. The van der Waals surface area contributed by atoms with Crippen molar-refractivity contribution in [1.82, 2.24) is 14.7 Å². The topological polar surface area (TPSA) is 103 Å². The van der Waals surface area contributed by atoms with E-state index < -0.39 is 29.1 Å². The number of aliphatic hydroxyl groups is 1. The van der Waals surface area contributed by atoms with Crippen molar-refractivity contribution in [1.29, 1.82) is 0 Å². The molecule has 0 aliphatic carbocycles. The molecule has 1 aromatic carbocycles. The molecule has 240 valence electrons. The fourth-order valence-corrected chi connectivity index (χ4v) is 7.94. The zero-order chi connectivity index (χ0) is 31.3. The number of ether oxygens (including phenoxy) is 2. The lowest BCUT2D eigenvalue weighted by atomic mass is 9.64. The number of unbranched alkanes of at least 4 members (excludes halogenated alkanes) is 1. The fourth-order valence-electron chi connectivity index (χ4n) is 7.94. The molecule has 1 aromatic rings. The van der Waals surface area contributed by atoms with Crippen LogP contribution in [0, 0.1) is 11.8 Å². The van der Waals surface area contributed by atoms with Gasteiger partial charge in [0.2, 0.25) is 17.7 Å². The largest absolute Gasteiger partial charge is 0.396 e. The molecule has 5 atom stereocenters. The van der Waals surface area contributed by atoms with Gasteiger partial charge >= 0.3 is 0 Å². The first-order valence-corrected chi connectivity index (χ1v) is 16.2. The van der Waals surface area contributed by atoms with Gasteiger partial charge in [-0.05, 0) is 44.2 Å². The highest BCUT2D eigenvalue weighted by Crippen LogP contribution is 2.64. The minimum atomic E-state index is -1.10. The molecule has 4 aliphatic rings. The smallest absolute Gasteiger partial charge is 0.248 e. The molecule has 0 saturated carbocycles. The summed E-state index contributed by atoms with van der Waals surface area (Å²) in [6, 6.07) is 8.59. The number of likely N-dealkylation sites (tertiary alicyclic amines) is 1. The molecule has 4 saturated heterocycles. The summed E-state index contributed by atoms with van der Waals surface area (Å²) in [7, 11) is 0. The second-order valence-corrected chi connectivity index (χ2v) is 12.4. The highest BCUT2D eigenvalue weighted by atomic mass is 16.5. The minimum absolute atomic E-state index is 0.00149. The third kappa shape index (κ3) is 5.73. The Labute approximate surface area is 261 Å². The lowest BCUT2D eigenvalue weighted by molar-refractivity contribution is -0.152. The summed E-state index contributed by atoms with van der Waals surface area (Å²) in [5.74, 6) is -2.03. The number of carbonyl (C=O) groups is 3. The number of anilines is 1. The maximum atomic E-state index is 14.7. The Bertz CT molecular complexity index is 1210. The van der Waals surface area contributed by atoms with Gasteiger partial charge in [0.1, 0.15) is 11.6 Å². The van der Waals surface area contributed by atoms with Crippen molar-refractivity contribution >= 4 is 23.4 Å². The van der Waals surface area contributed by atoms with E-state index in [4.69, 9.17) is 9.47 Å². The van der Waals surface area contributed by atoms with E-state index in [1.807, 2.05) is 37.3 Å². The summed E-state index contributed by atoms with van der Waals surface area (Å²) in [5, 5.41) is 9.51. The van der Waals surface area contributed by atoms with Crippen LogP contribution in [0.4, 0.5) is 5.69 Å². The van der Waals surface area contributed by atoms with E-state index in [9.17, 15) is 19.5 Å². The van der Waals surface area contributed by atoms with Crippen LogP contribution in [-0.4, -0.2) is 120 Å². The molecule has 2 bridgehead atoms. The van der Waals surface area contributed by atoms with Crippen molar-refractivity contribution < 1.29 is 29.0 Å². The second-order valence-electron chi connectivity index (χ2n) is 12.4. The Morgan fingerprint density at radius 3 is 2.43 bits per heavy atom. The van der Waals surface area contributed by atoms with E-state index >= 15 is 0 Å². The lowest BCUT2D eigenvalue weighted by Gasteiger charge is -2.37. The summed E-state index contributed by atoms with van der Waals surface area (Å²) >= 11 is 0. The molecular weight excluding hydrogens is 560 g/mol. The number of para-hydroxylation sites is 1. The number of amides is 3. The molecule has 1 N–H and O–H groups in total. The maximum absolute atomic E-state index is 14.7. The summed E-state index contributed by atoms with van der Waals surface area (Å²) in [6.07, 6.45) is 6.17. The Balaban J connectivity index is 1.51. The number of rotatable bonds is 15. The number of aliphatic hydroxyl groups excluding tert-OH is 1. The molecule has 4 aliphatic heterocycles. The van der Waals surface area contributed by atoms with Crippen LogP contribution in [0.25, 0.3) is 0 Å². The maximum Gasteiger partial charge on any atom is 0.248 e. The average molecular weight is 609 g/mol. The monoisotopic (exact) mass is 608 g/mol.